The van der Waals surface area contributed by atoms with Gasteiger partial charge in [0.2, 0.25) is 0 Å². The maximum Gasteiger partial charge on any atom is 0.368 e. The highest BCUT2D eigenvalue weighted by molar-refractivity contribution is 6.31. The monoisotopic (exact) mass is 398 g/mol. The van der Waals surface area contributed by atoms with Crippen LogP contribution in [0.25, 0.3) is 17.4 Å². The highest BCUT2D eigenvalue weighted by Gasteiger charge is 2.27. The minimum atomic E-state index is -0.569. The highest BCUT2D eigenvalue weighted by atomic mass is 16.7. The van der Waals surface area contributed by atoms with E-state index in [1.807, 2.05) is 30.3 Å². The SMILES string of the molecule is N#CCOC(=O)c1ccc(-c2ccc(/C=C3\C(=O)ON=C3c3ccccc3)o2)cc1. The molecule has 1 aliphatic rings. The normalized spacial score (nSPS) is 14.2. The van der Waals surface area contributed by atoms with Gasteiger partial charge in [-0.05, 0) is 30.3 Å². The fraction of sp³-hybridized carbons (Fsp3) is 0.0435. The van der Waals surface area contributed by atoms with Gasteiger partial charge in [0, 0.05) is 11.1 Å². The number of carbonyl (C=O) groups is 2. The van der Waals surface area contributed by atoms with E-state index in [1.54, 1.807) is 48.5 Å². The Morgan fingerprint density at radius 3 is 2.53 bits per heavy atom. The smallest absolute Gasteiger partial charge is 0.368 e. The minimum absolute atomic E-state index is 0.298. The molecule has 2 aromatic carbocycles. The second kappa shape index (κ2) is 8.29. The van der Waals surface area contributed by atoms with Crippen molar-refractivity contribution in [3.63, 3.8) is 0 Å². The molecule has 0 aliphatic carbocycles. The predicted octanol–water partition coefficient (Wildman–Crippen LogP) is 3.97. The van der Waals surface area contributed by atoms with Crippen molar-refractivity contribution in [1.29, 1.82) is 5.26 Å². The molecule has 0 atom stereocenters. The lowest BCUT2D eigenvalue weighted by Gasteiger charge is -2.02. The third-order valence-corrected chi connectivity index (χ3v) is 4.33. The van der Waals surface area contributed by atoms with Crippen molar-refractivity contribution in [2.24, 2.45) is 5.16 Å². The molecule has 1 aliphatic heterocycles. The van der Waals surface area contributed by atoms with E-state index >= 15 is 0 Å². The number of carbonyl (C=O) groups excluding carboxylic acids is 2. The molecule has 0 unspecified atom stereocenters. The zero-order chi connectivity index (χ0) is 20.9. The first-order valence-electron chi connectivity index (χ1n) is 8.97. The predicted molar refractivity (Wildman–Crippen MR) is 107 cm³/mol. The van der Waals surface area contributed by atoms with Crippen molar-refractivity contribution in [1.82, 2.24) is 0 Å². The number of benzene rings is 2. The van der Waals surface area contributed by atoms with Crippen molar-refractivity contribution in [2.75, 3.05) is 6.61 Å². The molecule has 2 heterocycles. The number of ether oxygens (including phenoxy) is 1. The van der Waals surface area contributed by atoms with Gasteiger partial charge in [0.15, 0.2) is 6.61 Å². The average molecular weight is 398 g/mol. The summed E-state index contributed by atoms with van der Waals surface area (Å²) in [5, 5.41) is 12.3. The lowest BCUT2D eigenvalue weighted by molar-refractivity contribution is -0.136. The summed E-state index contributed by atoms with van der Waals surface area (Å²) in [6, 6.07) is 21.1. The largest absolute Gasteiger partial charge is 0.457 e. The van der Waals surface area contributed by atoms with Gasteiger partial charge < -0.3 is 14.0 Å². The van der Waals surface area contributed by atoms with Crippen LogP contribution in [0.4, 0.5) is 0 Å². The van der Waals surface area contributed by atoms with Crippen LogP contribution in [0, 0.1) is 11.3 Å². The summed E-state index contributed by atoms with van der Waals surface area (Å²) in [6.07, 6.45) is 1.58. The van der Waals surface area contributed by atoms with E-state index in [2.05, 4.69) is 5.16 Å². The Morgan fingerprint density at radius 1 is 1.03 bits per heavy atom. The summed E-state index contributed by atoms with van der Waals surface area (Å²) < 4.78 is 10.6. The number of hydrogen-bond donors (Lipinski definition) is 0. The fourth-order valence-corrected chi connectivity index (χ4v) is 2.89. The molecule has 4 rings (SSSR count). The summed E-state index contributed by atoms with van der Waals surface area (Å²) >= 11 is 0. The summed E-state index contributed by atoms with van der Waals surface area (Å²) in [6.45, 7) is -0.298. The molecule has 7 nitrogen and oxygen atoms in total. The first-order chi connectivity index (χ1) is 14.7. The van der Waals surface area contributed by atoms with Gasteiger partial charge in [-0.3, -0.25) is 0 Å². The Labute approximate surface area is 171 Å². The molecule has 0 saturated heterocycles. The molecule has 0 saturated carbocycles. The summed E-state index contributed by atoms with van der Waals surface area (Å²) in [5.41, 5.74) is 2.58. The van der Waals surface area contributed by atoms with Crippen LogP contribution in [-0.2, 0) is 14.4 Å². The van der Waals surface area contributed by atoms with Crippen molar-refractivity contribution in [3.8, 4) is 17.4 Å². The summed E-state index contributed by atoms with van der Waals surface area (Å²) in [4.78, 5) is 28.7. The molecule has 1 aromatic heterocycles. The standard InChI is InChI=1S/C23H14N2O5/c24-12-13-28-22(26)17-8-6-15(7-9-17)20-11-10-18(29-20)14-19-21(25-30-23(19)27)16-4-2-1-3-5-16/h1-11,14H,13H2/b19-14-. The Kier molecular flexibility index (Phi) is 5.22. The van der Waals surface area contributed by atoms with Gasteiger partial charge in [0.25, 0.3) is 0 Å². The number of nitrogens with zero attached hydrogens (tertiary/aromatic N) is 2. The van der Waals surface area contributed by atoms with Gasteiger partial charge in [0.1, 0.15) is 23.3 Å². The Bertz CT molecular complexity index is 1200. The van der Waals surface area contributed by atoms with Gasteiger partial charge in [-0.1, -0.05) is 47.6 Å². The number of rotatable bonds is 5. The quantitative estimate of drug-likeness (QED) is 0.366. The van der Waals surface area contributed by atoms with E-state index in [9.17, 15) is 9.59 Å². The molecule has 30 heavy (non-hydrogen) atoms. The number of nitriles is 1. The van der Waals surface area contributed by atoms with Crippen molar-refractivity contribution >= 4 is 23.7 Å². The number of esters is 1. The van der Waals surface area contributed by atoms with Crippen LogP contribution in [-0.4, -0.2) is 24.3 Å². The van der Waals surface area contributed by atoms with Crippen molar-refractivity contribution < 1.29 is 23.6 Å². The average Bonchev–Trinajstić information content (AvgIpc) is 3.40. The topological polar surface area (TPSA) is 102 Å². The van der Waals surface area contributed by atoms with Gasteiger partial charge in [-0.25, -0.2) is 9.59 Å². The molecule has 0 radical (unpaired) electrons. The maximum absolute atomic E-state index is 12.1. The molecule has 0 fully saturated rings. The first-order valence-corrected chi connectivity index (χ1v) is 8.97. The first kappa shape index (κ1) is 18.9. The zero-order valence-corrected chi connectivity index (χ0v) is 15.6. The van der Waals surface area contributed by atoms with E-state index in [4.69, 9.17) is 19.3 Å². The molecule has 0 N–H and O–H groups in total. The summed E-state index contributed by atoms with van der Waals surface area (Å²) in [5.74, 6) is -0.101. The van der Waals surface area contributed by atoms with Gasteiger partial charge in [-0.2, -0.15) is 5.26 Å². The molecular weight excluding hydrogens is 384 g/mol. The third kappa shape index (κ3) is 3.88. The van der Waals surface area contributed by atoms with Crippen molar-refractivity contribution in [3.05, 3.63) is 89.2 Å². The van der Waals surface area contributed by atoms with Crippen LogP contribution < -0.4 is 0 Å². The molecule has 7 heteroatoms. The summed E-state index contributed by atoms with van der Waals surface area (Å²) in [7, 11) is 0. The van der Waals surface area contributed by atoms with E-state index in [0.29, 0.717) is 28.4 Å². The number of hydrogen-bond acceptors (Lipinski definition) is 7. The van der Waals surface area contributed by atoms with Crippen molar-refractivity contribution in [2.45, 2.75) is 0 Å². The van der Waals surface area contributed by atoms with Gasteiger partial charge >= 0.3 is 11.9 Å². The lowest BCUT2D eigenvalue weighted by Crippen LogP contribution is -2.06. The second-order valence-electron chi connectivity index (χ2n) is 6.26. The van der Waals surface area contributed by atoms with Crippen LogP contribution >= 0.6 is 0 Å². The number of oxime groups is 1. The highest BCUT2D eigenvalue weighted by Crippen LogP contribution is 2.26. The molecule has 3 aromatic rings. The van der Waals surface area contributed by atoms with Gasteiger partial charge in [-0.15, -0.1) is 0 Å². The fourth-order valence-electron chi connectivity index (χ4n) is 2.89. The molecule has 0 bridgehead atoms. The molecule has 146 valence electrons. The Morgan fingerprint density at radius 2 is 1.80 bits per heavy atom. The number of furan rings is 1. The van der Waals surface area contributed by atoms with Gasteiger partial charge in [0.05, 0.1) is 11.1 Å². The molecule has 0 amide bonds. The van der Waals surface area contributed by atoms with Crippen LogP contribution in [0.5, 0.6) is 0 Å². The van der Waals surface area contributed by atoms with E-state index in [0.717, 1.165) is 11.1 Å². The molecule has 0 spiro atoms. The van der Waals surface area contributed by atoms with Crippen LogP contribution in [0.3, 0.4) is 0 Å². The second-order valence-corrected chi connectivity index (χ2v) is 6.26. The molecular formula is C23H14N2O5. The van der Waals surface area contributed by atoms with Crippen LogP contribution in [0.2, 0.25) is 0 Å². The maximum atomic E-state index is 12.1. The third-order valence-electron chi connectivity index (χ3n) is 4.33. The lowest BCUT2D eigenvalue weighted by atomic mass is 10.0. The zero-order valence-electron chi connectivity index (χ0n) is 15.6. The van der Waals surface area contributed by atoms with E-state index in [-0.39, 0.29) is 6.61 Å². The van der Waals surface area contributed by atoms with Crippen LogP contribution in [0.15, 0.2) is 81.9 Å². The Hall–Kier alpha value is -4.44. The van der Waals surface area contributed by atoms with E-state index < -0.39 is 11.9 Å². The van der Waals surface area contributed by atoms with Crippen LogP contribution in [0.1, 0.15) is 21.7 Å². The van der Waals surface area contributed by atoms with E-state index in [1.165, 1.54) is 0 Å². The Balaban J connectivity index is 1.56. The minimum Gasteiger partial charge on any atom is -0.457 e.